The predicted molar refractivity (Wildman–Crippen MR) is 127 cm³/mol. The smallest absolute Gasteiger partial charge is 0.303 e. The summed E-state index contributed by atoms with van der Waals surface area (Å²) in [4.78, 5) is 10.5. The summed E-state index contributed by atoms with van der Waals surface area (Å²) in [6.45, 7) is 5.14. The molecule has 0 spiro atoms. The number of hydrogen-bond donors (Lipinski definition) is 1. The molecule has 1 aliphatic heterocycles. The minimum absolute atomic E-state index is 0.209. The molecule has 0 radical (unpaired) electrons. The van der Waals surface area contributed by atoms with Crippen LogP contribution in [0.2, 0.25) is 0 Å². The van der Waals surface area contributed by atoms with Crippen molar-refractivity contribution < 1.29 is 19.4 Å². The van der Waals surface area contributed by atoms with E-state index in [9.17, 15) is 4.79 Å². The van der Waals surface area contributed by atoms with Gasteiger partial charge in [0, 0.05) is 6.42 Å². The fourth-order valence-corrected chi connectivity index (χ4v) is 4.04. The third-order valence-electron chi connectivity index (χ3n) is 6.01. The minimum Gasteiger partial charge on any atom is -0.494 e. The highest BCUT2D eigenvalue weighted by atomic mass is 16.5. The van der Waals surface area contributed by atoms with E-state index in [1.807, 2.05) is 12.1 Å². The van der Waals surface area contributed by atoms with E-state index < -0.39 is 5.97 Å². The van der Waals surface area contributed by atoms with Crippen molar-refractivity contribution in [2.45, 2.75) is 109 Å². The van der Waals surface area contributed by atoms with Gasteiger partial charge in [0.1, 0.15) is 17.1 Å². The van der Waals surface area contributed by atoms with E-state index in [0.29, 0.717) is 6.61 Å². The number of benzene rings is 1. The third-order valence-corrected chi connectivity index (χ3v) is 6.01. The first-order chi connectivity index (χ1) is 15.0. The van der Waals surface area contributed by atoms with Crippen LogP contribution in [0.1, 0.15) is 103 Å². The fraction of sp³-hybridized carbons (Fsp3) is 0.667. The Morgan fingerprint density at radius 3 is 2.65 bits per heavy atom. The maximum absolute atomic E-state index is 10.5. The molecule has 1 aliphatic rings. The number of aliphatic carboxylic acids is 1. The molecule has 1 aromatic rings. The van der Waals surface area contributed by atoms with E-state index in [4.69, 9.17) is 14.6 Å². The molecule has 174 valence electrons. The number of ether oxygens (including phenoxy) is 2. The van der Waals surface area contributed by atoms with E-state index in [2.05, 4.69) is 32.1 Å². The summed E-state index contributed by atoms with van der Waals surface area (Å²) in [5.41, 5.74) is 1.02. The number of carbonyl (C=O) groups is 1. The number of unbranched alkanes of at least 4 members (excludes halogenated alkanes) is 9. The molecule has 1 heterocycles. The van der Waals surface area contributed by atoms with Gasteiger partial charge in [-0.25, -0.2) is 0 Å². The summed E-state index contributed by atoms with van der Waals surface area (Å²) in [6, 6.07) is 6.18. The van der Waals surface area contributed by atoms with Gasteiger partial charge in [-0.2, -0.15) is 0 Å². The molecule has 0 bridgehead atoms. The Morgan fingerprint density at radius 1 is 1.10 bits per heavy atom. The summed E-state index contributed by atoms with van der Waals surface area (Å²) in [5.74, 6) is 1.19. The molecule has 0 aromatic heterocycles. The van der Waals surface area contributed by atoms with E-state index >= 15 is 0 Å². The van der Waals surface area contributed by atoms with Gasteiger partial charge < -0.3 is 14.6 Å². The standard InChI is InChI=1S/C27H42O4/c1-3-4-5-6-7-10-13-19-27(2)20-18-23-22-24(16-17-25(23)31-27)30-21-14-11-8-9-12-15-26(28)29/h13,16-17,19,22H,3-12,14-15,18,20-21H2,1-2H3,(H,28,29). The van der Waals surface area contributed by atoms with Crippen molar-refractivity contribution in [3.63, 3.8) is 0 Å². The van der Waals surface area contributed by atoms with E-state index in [-0.39, 0.29) is 12.0 Å². The lowest BCUT2D eigenvalue weighted by Crippen LogP contribution is -2.34. The Morgan fingerprint density at radius 2 is 1.84 bits per heavy atom. The molecular formula is C27H42O4. The molecule has 1 atom stereocenters. The van der Waals surface area contributed by atoms with Gasteiger partial charge in [-0.15, -0.1) is 0 Å². The number of hydrogen-bond acceptors (Lipinski definition) is 3. The maximum atomic E-state index is 10.5. The number of rotatable bonds is 16. The molecule has 4 heteroatoms. The van der Waals surface area contributed by atoms with E-state index in [0.717, 1.165) is 62.9 Å². The SMILES string of the molecule is CCCCCCCC=CC1(C)CCc2cc(OCCCCCCCC(=O)O)ccc2O1. The molecule has 31 heavy (non-hydrogen) atoms. The molecule has 1 aromatic carbocycles. The van der Waals surface area contributed by atoms with Crippen LogP contribution in [-0.4, -0.2) is 23.3 Å². The largest absolute Gasteiger partial charge is 0.494 e. The van der Waals surface area contributed by atoms with Crippen LogP contribution in [0.25, 0.3) is 0 Å². The number of carboxylic acids is 1. The van der Waals surface area contributed by atoms with Crippen molar-refractivity contribution in [1.29, 1.82) is 0 Å². The Balaban J connectivity index is 1.67. The predicted octanol–water partition coefficient (Wildman–Crippen LogP) is 7.49. The van der Waals surface area contributed by atoms with Gasteiger partial charge in [0.05, 0.1) is 6.61 Å². The van der Waals surface area contributed by atoms with Gasteiger partial charge in [0.2, 0.25) is 0 Å². The van der Waals surface area contributed by atoms with Crippen LogP contribution in [0.3, 0.4) is 0 Å². The van der Waals surface area contributed by atoms with Crippen LogP contribution in [0.15, 0.2) is 30.4 Å². The quantitative estimate of drug-likeness (QED) is 0.218. The normalized spacial score (nSPS) is 18.0. The Bertz CT molecular complexity index is 682. The zero-order valence-corrected chi connectivity index (χ0v) is 19.7. The lowest BCUT2D eigenvalue weighted by atomic mass is 9.91. The second-order valence-electron chi connectivity index (χ2n) is 9.05. The van der Waals surface area contributed by atoms with Crippen molar-refractivity contribution in [2.75, 3.05) is 6.61 Å². The topological polar surface area (TPSA) is 55.8 Å². The molecule has 0 saturated carbocycles. The summed E-state index contributed by atoms with van der Waals surface area (Å²) in [6.07, 6.45) is 19.5. The Labute approximate surface area is 189 Å². The summed E-state index contributed by atoms with van der Waals surface area (Å²) >= 11 is 0. The lowest BCUT2D eigenvalue weighted by Gasteiger charge is -2.33. The van der Waals surface area contributed by atoms with E-state index in [1.54, 1.807) is 0 Å². The lowest BCUT2D eigenvalue weighted by molar-refractivity contribution is -0.137. The van der Waals surface area contributed by atoms with Gasteiger partial charge in [-0.1, -0.05) is 57.9 Å². The molecule has 1 unspecified atom stereocenters. The number of carboxylic acid groups (broad SMARTS) is 1. The molecular weight excluding hydrogens is 388 g/mol. The number of aryl methyl sites for hydroxylation is 1. The molecule has 0 aliphatic carbocycles. The first kappa shape index (κ1) is 25.3. The van der Waals surface area contributed by atoms with Gasteiger partial charge in [0.15, 0.2) is 0 Å². The average molecular weight is 431 g/mol. The van der Waals surface area contributed by atoms with Gasteiger partial charge >= 0.3 is 5.97 Å². The minimum atomic E-state index is -0.700. The van der Waals surface area contributed by atoms with Crippen LogP contribution in [0.4, 0.5) is 0 Å². The molecule has 1 N–H and O–H groups in total. The highest BCUT2D eigenvalue weighted by Crippen LogP contribution is 2.36. The number of fused-ring (bicyclic) bond motifs is 1. The third kappa shape index (κ3) is 10.3. The fourth-order valence-electron chi connectivity index (χ4n) is 4.04. The summed E-state index contributed by atoms with van der Waals surface area (Å²) in [5, 5.41) is 8.64. The van der Waals surface area contributed by atoms with Crippen LogP contribution in [0, 0.1) is 0 Å². The second-order valence-corrected chi connectivity index (χ2v) is 9.05. The molecule has 4 nitrogen and oxygen atoms in total. The van der Waals surface area contributed by atoms with Crippen molar-refractivity contribution in [1.82, 2.24) is 0 Å². The van der Waals surface area contributed by atoms with Crippen LogP contribution >= 0.6 is 0 Å². The van der Waals surface area contributed by atoms with Crippen LogP contribution in [-0.2, 0) is 11.2 Å². The summed E-state index contributed by atoms with van der Waals surface area (Å²) < 4.78 is 12.3. The number of allylic oxidation sites excluding steroid dienone is 1. The van der Waals surface area contributed by atoms with Gasteiger partial charge in [-0.05, 0) is 75.3 Å². The molecule has 0 amide bonds. The second kappa shape index (κ2) is 14.2. The maximum Gasteiger partial charge on any atom is 0.303 e. The van der Waals surface area contributed by atoms with E-state index in [1.165, 1.54) is 37.7 Å². The Hall–Kier alpha value is -1.97. The van der Waals surface area contributed by atoms with Gasteiger partial charge in [0.25, 0.3) is 0 Å². The van der Waals surface area contributed by atoms with Crippen molar-refractivity contribution in [3.8, 4) is 11.5 Å². The Kier molecular flexibility index (Phi) is 11.6. The molecule has 0 fully saturated rings. The highest BCUT2D eigenvalue weighted by Gasteiger charge is 2.29. The van der Waals surface area contributed by atoms with Gasteiger partial charge in [-0.3, -0.25) is 4.79 Å². The summed E-state index contributed by atoms with van der Waals surface area (Å²) in [7, 11) is 0. The molecule has 0 saturated heterocycles. The highest BCUT2D eigenvalue weighted by molar-refractivity contribution is 5.66. The zero-order valence-electron chi connectivity index (χ0n) is 19.7. The first-order valence-corrected chi connectivity index (χ1v) is 12.4. The van der Waals surface area contributed by atoms with Crippen LogP contribution in [0.5, 0.6) is 11.5 Å². The zero-order chi connectivity index (χ0) is 22.4. The first-order valence-electron chi connectivity index (χ1n) is 12.4. The van der Waals surface area contributed by atoms with Crippen LogP contribution < -0.4 is 9.47 Å². The molecule has 2 rings (SSSR count). The average Bonchev–Trinajstić information content (AvgIpc) is 2.75. The van der Waals surface area contributed by atoms with Crippen molar-refractivity contribution >= 4 is 5.97 Å². The van der Waals surface area contributed by atoms with Crippen molar-refractivity contribution in [3.05, 3.63) is 35.9 Å². The monoisotopic (exact) mass is 430 g/mol. The van der Waals surface area contributed by atoms with Crippen molar-refractivity contribution in [2.24, 2.45) is 0 Å².